The Morgan fingerprint density at radius 1 is 0.788 bits per heavy atom. The Morgan fingerprint density at radius 3 is 1.88 bits per heavy atom. The Kier molecular flexibility index (Phi) is 20.2. The molecular formula is C25H50NO6P. The van der Waals surface area contributed by atoms with E-state index < -0.39 is 7.82 Å². The molecule has 8 heteroatoms. The average molecular weight is 492 g/mol. The Balaban J connectivity index is 3.47. The van der Waals surface area contributed by atoms with Crippen LogP contribution in [0.25, 0.3) is 0 Å². The van der Waals surface area contributed by atoms with Gasteiger partial charge in [-0.15, -0.1) is 0 Å². The molecule has 0 spiro atoms. The van der Waals surface area contributed by atoms with Crippen LogP contribution in [0, 0.1) is 0 Å². The van der Waals surface area contributed by atoms with Crippen LogP contribution in [0.1, 0.15) is 96.8 Å². The quantitative estimate of drug-likeness (QED) is 0.0593. The van der Waals surface area contributed by atoms with E-state index in [9.17, 15) is 14.3 Å². The topological polar surface area (TPSA) is 84.9 Å². The molecule has 0 aliphatic rings. The van der Waals surface area contributed by atoms with E-state index >= 15 is 0 Å². The van der Waals surface area contributed by atoms with Gasteiger partial charge in [-0.1, -0.05) is 70.4 Å². The van der Waals surface area contributed by atoms with Crippen molar-refractivity contribution in [3.63, 3.8) is 0 Å². The summed E-state index contributed by atoms with van der Waals surface area (Å²) >= 11 is 0. The maximum absolute atomic E-state index is 11.7. The molecule has 196 valence electrons. The molecule has 33 heavy (non-hydrogen) atoms. The van der Waals surface area contributed by atoms with E-state index in [0.29, 0.717) is 17.4 Å². The van der Waals surface area contributed by atoms with E-state index in [1.165, 1.54) is 57.8 Å². The van der Waals surface area contributed by atoms with Gasteiger partial charge in [0.15, 0.2) is 0 Å². The van der Waals surface area contributed by atoms with Crippen molar-refractivity contribution in [2.75, 3.05) is 47.5 Å². The fraction of sp³-hybridized carbons (Fsp3) is 0.880. The largest absolute Gasteiger partial charge is 0.756 e. The van der Waals surface area contributed by atoms with Gasteiger partial charge < -0.3 is 23.2 Å². The molecular weight excluding hydrogens is 441 g/mol. The van der Waals surface area contributed by atoms with E-state index in [1.807, 2.05) is 21.1 Å². The highest BCUT2D eigenvalue weighted by molar-refractivity contribution is 7.45. The Bertz CT molecular complexity index is 548. The fourth-order valence-electron chi connectivity index (χ4n) is 3.18. The molecule has 0 saturated heterocycles. The summed E-state index contributed by atoms with van der Waals surface area (Å²) in [5, 5.41) is 0. The second-order valence-electron chi connectivity index (χ2n) is 9.68. The van der Waals surface area contributed by atoms with Gasteiger partial charge in [-0.05, 0) is 32.1 Å². The second kappa shape index (κ2) is 20.6. The summed E-state index contributed by atoms with van der Waals surface area (Å²) in [7, 11) is 1.47. The van der Waals surface area contributed by atoms with Gasteiger partial charge >= 0.3 is 5.97 Å². The van der Waals surface area contributed by atoms with Crippen LogP contribution in [-0.4, -0.2) is 58.0 Å². The molecule has 0 radical (unpaired) electrons. The number of carbonyl (C=O) groups is 1. The van der Waals surface area contributed by atoms with Crippen LogP contribution in [0.4, 0.5) is 0 Å². The maximum Gasteiger partial charge on any atom is 0.305 e. The third kappa shape index (κ3) is 25.7. The highest BCUT2D eigenvalue weighted by atomic mass is 31.2. The lowest BCUT2D eigenvalue weighted by Crippen LogP contribution is -2.37. The number of likely N-dealkylation sites (N-methyl/N-ethyl adjacent to an activating group) is 1. The number of phosphoric ester groups is 1. The summed E-state index contributed by atoms with van der Waals surface area (Å²) in [6.45, 7) is 2.54. The summed E-state index contributed by atoms with van der Waals surface area (Å²) in [5.74, 6) is -0.317. The number of quaternary nitrogens is 1. The average Bonchev–Trinajstić information content (AvgIpc) is 2.73. The van der Waals surface area contributed by atoms with Crippen LogP contribution in [0.2, 0.25) is 0 Å². The van der Waals surface area contributed by atoms with Crippen molar-refractivity contribution in [1.82, 2.24) is 0 Å². The first-order chi connectivity index (χ1) is 15.7. The van der Waals surface area contributed by atoms with Crippen molar-refractivity contribution in [3.8, 4) is 0 Å². The monoisotopic (exact) mass is 491 g/mol. The molecule has 0 fully saturated rings. The van der Waals surface area contributed by atoms with Crippen molar-refractivity contribution in [1.29, 1.82) is 0 Å². The SMILES string of the molecule is CCCCCCCC/C=C/CCCCCCCC(=O)OCCOP(=O)([O-])OCC[N+](C)(C)C. The smallest absolute Gasteiger partial charge is 0.305 e. The number of phosphoric acid groups is 1. The molecule has 0 aliphatic carbocycles. The molecule has 1 unspecified atom stereocenters. The number of hydrogen-bond acceptors (Lipinski definition) is 6. The van der Waals surface area contributed by atoms with Gasteiger partial charge in [-0.3, -0.25) is 9.36 Å². The number of esters is 1. The zero-order valence-electron chi connectivity index (χ0n) is 21.7. The van der Waals surface area contributed by atoms with Crippen molar-refractivity contribution in [3.05, 3.63) is 12.2 Å². The van der Waals surface area contributed by atoms with Crippen LogP contribution in [-0.2, 0) is 23.1 Å². The third-order valence-electron chi connectivity index (χ3n) is 5.25. The van der Waals surface area contributed by atoms with Crippen LogP contribution in [0.3, 0.4) is 0 Å². The Labute approximate surface area is 203 Å². The first-order valence-electron chi connectivity index (χ1n) is 12.9. The van der Waals surface area contributed by atoms with Crippen LogP contribution >= 0.6 is 7.82 Å². The summed E-state index contributed by atoms with van der Waals surface area (Å²) in [6, 6.07) is 0. The van der Waals surface area contributed by atoms with E-state index in [4.69, 9.17) is 13.8 Å². The zero-order chi connectivity index (χ0) is 24.8. The number of ether oxygens (including phenoxy) is 1. The molecule has 0 bridgehead atoms. The number of carbonyl (C=O) groups excluding carboxylic acids is 1. The Morgan fingerprint density at radius 2 is 1.30 bits per heavy atom. The Hall–Kier alpha value is -0.720. The van der Waals surface area contributed by atoms with Crippen molar-refractivity contribution in [2.24, 2.45) is 0 Å². The summed E-state index contributed by atoms with van der Waals surface area (Å²) in [4.78, 5) is 23.3. The minimum atomic E-state index is -4.35. The van der Waals surface area contributed by atoms with Crippen molar-refractivity contribution in [2.45, 2.75) is 96.8 Å². The van der Waals surface area contributed by atoms with Crippen LogP contribution in [0.5, 0.6) is 0 Å². The molecule has 0 amide bonds. The normalized spacial score (nSPS) is 14.0. The molecule has 0 saturated carbocycles. The van der Waals surface area contributed by atoms with Crippen LogP contribution in [0.15, 0.2) is 12.2 Å². The van der Waals surface area contributed by atoms with Crippen molar-refractivity contribution < 1.29 is 32.5 Å². The molecule has 0 aromatic carbocycles. The minimum absolute atomic E-state index is 0.0551. The van der Waals surface area contributed by atoms with Gasteiger partial charge in [-0.2, -0.15) is 0 Å². The number of allylic oxidation sites excluding steroid dienone is 2. The van der Waals surface area contributed by atoms with Gasteiger partial charge in [0.05, 0.1) is 27.7 Å². The number of unbranched alkanes of at least 4 members (excludes halogenated alkanes) is 11. The molecule has 1 atom stereocenters. The number of rotatable bonds is 23. The first-order valence-corrected chi connectivity index (χ1v) is 14.3. The first kappa shape index (κ1) is 32.3. The summed E-state index contributed by atoms with van der Waals surface area (Å²) in [6.07, 6.45) is 20.7. The minimum Gasteiger partial charge on any atom is -0.756 e. The zero-order valence-corrected chi connectivity index (χ0v) is 22.6. The predicted molar refractivity (Wildman–Crippen MR) is 133 cm³/mol. The highest BCUT2D eigenvalue weighted by Gasteiger charge is 2.13. The third-order valence-corrected chi connectivity index (χ3v) is 6.25. The van der Waals surface area contributed by atoms with E-state index in [2.05, 4.69) is 19.1 Å². The lowest BCUT2D eigenvalue weighted by Gasteiger charge is -2.27. The maximum atomic E-state index is 11.7. The van der Waals surface area contributed by atoms with Gasteiger partial charge in [0.1, 0.15) is 19.8 Å². The molecule has 7 nitrogen and oxygen atoms in total. The van der Waals surface area contributed by atoms with E-state index in [-0.39, 0.29) is 25.8 Å². The second-order valence-corrected chi connectivity index (χ2v) is 11.1. The fourth-order valence-corrected chi connectivity index (χ4v) is 3.86. The highest BCUT2D eigenvalue weighted by Crippen LogP contribution is 2.37. The summed E-state index contributed by atoms with van der Waals surface area (Å²) in [5.41, 5.74) is 0. The molecule has 0 rings (SSSR count). The van der Waals surface area contributed by atoms with Crippen LogP contribution < -0.4 is 4.89 Å². The van der Waals surface area contributed by atoms with E-state index in [1.54, 1.807) is 0 Å². The van der Waals surface area contributed by atoms with Gasteiger partial charge in [0.2, 0.25) is 0 Å². The molecule has 0 aromatic heterocycles. The lowest BCUT2D eigenvalue weighted by molar-refractivity contribution is -0.870. The molecule has 0 aliphatic heterocycles. The number of nitrogens with zero attached hydrogens (tertiary/aromatic N) is 1. The van der Waals surface area contributed by atoms with Gasteiger partial charge in [-0.25, -0.2) is 0 Å². The van der Waals surface area contributed by atoms with Gasteiger partial charge in [0.25, 0.3) is 7.82 Å². The van der Waals surface area contributed by atoms with Crippen molar-refractivity contribution >= 4 is 13.8 Å². The molecule has 0 aromatic rings. The predicted octanol–water partition coefficient (Wildman–Crippen LogP) is 5.77. The molecule has 0 heterocycles. The molecule has 0 N–H and O–H groups in total. The van der Waals surface area contributed by atoms with Gasteiger partial charge in [0, 0.05) is 6.42 Å². The lowest BCUT2D eigenvalue weighted by atomic mass is 10.1. The summed E-state index contributed by atoms with van der Waals surface area (Å²) < 4.78 is 26.7. The standard InChI is InChI=1S/C25H50NO6P/c1-5-6-7-8-9-10-11-12-13-14-15-16-17-18-19-20-25(27)30-23-24-32-33(28,29)31-22-21-26(2,3)4/h12-13H,5-11,14-24H2,1-4H3/b13-12+. The number of hydrogen-bond donors (Lipinski definition) is 0. The van der Waals surface area contributed by atoms with E-state index in [0.717, 1.165) is 25.7 Å².